The number of amides is 1. The number of carbonyl (C=O) groups excluding carboxylic acids is 1. The van der Waals surface area contributed by atoms with Crippen LogP contribution >= 0.6 is 0 Å². The number of piperidine rings is 1. The van der Waals surface area contributed by atoms with E-state index in [1.807, 2.05) is 11.9 Å². The molecule has 1 saturated carbocycles. The average molecular weight is 325 g/mol. The van der Waals surface area contributed by atoms with E-state index in [1.165, 1.54) is 12.8 Å². The van der Waals surface area contributed by atoms with Gasteiger partial charge >= 0.3 is 0 Å². The predicted octanol–water partition coefficient (Wildman–Crippen LogP) is 3.21. The van der Waals surface area contributed by atoms with Crippen LogP contribution in [0.1, 0.15) is 65.7 Å². The predicted molar refractivity (Wildman–Crippen MR) is 94.4 cm³/mol. The fraction of sp³-hybridized carbons (Fsp3) is 0.947. The Balaban J connectivity index is 1.88. The van der Waals surface area contributed by atoms with Crippen molar-refractivity contribution in [1.82, 2.24) is 10.2 Å². The maximum absolute atomic E-state index is 12.7. The first kappa shape index (κ1) is 18.7. The molecule has 1 saturated heterocycles. The molecule has 2 aliphatic rings. The van der Waals surface area contributed by atoms with Crippen LogP contribution in [0.3, 0.4) is 0 Å². The van der Waals surface area contributed by atoms with E-state index in [9.17, 15) is 4.79 Å². The van der Waals surface area contributed by atoms with E-state index in [4.69, 9.17) is 4.74 Å². The lowest BCUT2D eigenvalue weighted by atomic mass is 9.58. The van der Waals surface area contributed by atoms with Crippen LogP contribution in [0.2, 0.25) is 0 Å². The molecular formula is C19H36N2O2. The fourth-order valence-corrected chi connectivity index (χ4v) is 4.73. The summed E-state index contributed by atoms with van der Waals surface area (Å²) in [6, 6.07) is 0.356. The molecule has 0 aromatic carbocycles. The topological polar surface area (TPSA) is 41.6 Å². The van der Waals surface area contributed by atoms with E-state index >= 15 is 0 Å². The lowest BCUT2D eigenvalue weighted by Gasteiger charge is -2.58. The molecule has 134 valence electrons. The van der Waals surface area contributed by atoms with Gasteiger partial charge in [0.15, 0.2) is 0 Å². The average Bonchev–Trinajstić information content (AvgIpc) is 2.58. The maximum Gasteiger partial charge on any atom is 0.222 e. The van der Waals surface area contributed by atoms with Gasteiger partial charge in [0.2, 0.25) is 5.91 Å². The molecule has 1 N–H and O–H groups in total. The Kier molecular flexibility index (Phi) is 6.90. The standard InChI is InChI=1S/C19H36N2O2/c1-5-19(6-2)16(14-17(19)23-7-3)21(4)18(22)9-8-15-10-12-20-13-11-15/h15-17,20H,5-14H2,1-4H3. The van der Waals surface area contributed by atoms with E-state index in [1.54, 1.807) is 0 Å². The second kappa shape index (κ2) is 8.48. The summed E-state index contributed by atoms with van der Waals surface area (Å²) in [6.45, 7) is 9.55. The first-order valence-electron chi connectivity index (χ1n) is 9.67. The molecule has 4 nitrogen and oxygen atoms in total. The monoisotopic (exact) mass is 324 g/mol. The number of hydrogen-bond donors (Lipinski definition) is 1. The van der Waals surface area contributed by atoms with Crippen LogP contribution in [-0.2, 0) is 9.53 Å². The third-order valence-electron chi connectivity index (χ3n) is 6.51. The number of hydrogen-bond acceptors (Lipinski definition) is 3. The van der Waals surface area contributed by atoms with Gasteiger partial charge in [-0.25, -0.2) is 0 Å². The molecule has 1 heterocycles. The van der Waals surface area contributed by atoms with Gasteiger partial charge in [0.1, 0.15) is 0 Å². The lowest BCUT2D eigenvalue weighted by Crippen LogP contribution is -2.64. The molecule has 0 aromatic rings. The van der Waals surface area contributed by atoms with Crippen molar-refractivity contribution in [2.75, 3.05) is 26.7 Å². The SMILES string of the molecule is CCOC1CC(N(C)C(=O)CCC2CCNCC2)C1(CC)CC. The minimum Gasteiger partial charge on any atom is -0.378 e. The van der Waals surface area contributed by atoms with E-state index in [2.05, 4.69) is 26.1 Å². The number of nitrogens with one attached hydrogen (secondary N) is 1. The Bertz CT molecular complexity index is 376. The molecule has 0 spiro atoms. The molecule has 1 aliphatic heterocycles. The van der Waals surface area contributed by atoms with Crippen LogP contribution in [-0.4, -0.2) is 49.7 Å². The van der Waals surface area contributed by atoms with Crippen LogP contribution in [0.5, 0.6) is 0 Å². The van der Waals surface area contributed by atoms with Gasteiger partial charge in [-0.15, -0.1) is 0 Å². The highest BCUT2D eigenvalue weighted by Gasteiger charge is 2.55. The van der Waals surface area contributed by atoms with Gasteiger partial charge in [0.05, 0.1) is 6.10 Å². The largest absolute Gasteiger partial charge is 0.378 e. The van der Waals surface area contributed by atoms with Crippen LogP contribution in [0.25, 0.3) is 0 Å². The lowest BCUT2D eigenvalue weighted by molar-refractivity contribution is -0.177. The molecule has 2 fully saturated rings. The van der Waals surface area contributed by atoms with Crippen molar-refractivity contribution in [1.29, 1.82) is 0 Å². The Morgan fingerprint density at radius 1 is 1.22 bits per heavy atom. The zero-order chi connectivity index (χ0) is 16.9. The molecule has 4 heteroatoms. The second-order valence-electron chi connectivity index (χ2n) is 7.37. The molecule has 1 amide bonds. The van der Waals surface area contributed by atoms with Crippen molar-refractivity contribution in [3.05, 3.63) is 0 Å². The van der Waals surface area contributed by atoms with Gasteiger partial charge in [-0.05, 0) is 64.5 Å². The molecule has 2 rings (SSSR count). The summed E-state index contributed by atoms with van der Waals surface area (Å²) in [4.78, 5) is 14.7. The van der Waals surface area contributed by atoms with Gasteiger partial charge in [0.25, 0.3) is 0 Å². The normalized spacial score (nSPS) is 27.5. The van der Waals surface area contributed by atoms with Crippen molar-refractivity contribution in [2.45, 2.75) is 77.9 Å². The summed E-state index contributed by atoms with van der Waals surface area (Å²) in [5.41, 5.74) is 0.162. The Morgan fingerprint density at radius 3 is 2.43 bits per heavy atom. The highest BCUT2D eigenvalue weighted by molar-refractivity contribution is 5.76. The first-order valence-corrected chi connectivity index (χ1v) is 9.67. The molecule has 0 bridgehead atoms. The molecule has 2 atom stereocenters. The van der Waals surface area contributed by atoms with Crippen molar-refractivity contribution in [3.63, 3.8) is 0 Å². The van der Waals surface area contributed by atoms with E-state index < -0.39 is 0 Å². The summed E-state index contributed by atoms with van der Waals surface area (Å²) in [7, 11) is 2.01. The third-order valence-corrected chi connectivity index (χ3v) is 6.51. The molecule has 0 radical (unpaired) electrons. The molecule has 2 unspecified atom stereocenters. The van der Waals surface area contributed by atoms with E-state index in [0.717, 1.165) is 51.3 Å². The Labute approximate surface area is 142 Å². The number of ether oxygens (including phenoxy) is 1. The second-order valence-corrected chi connectivity index (χ2v) is 7.37. The molecular weight excluding hydrogens is 288 g/mol. The highest BCUT2D eigenvalue weighted by atomic mass is 16.5. The quantitative estimate of drug-likeness (QED) is 0.745. The highest BCUT2D eigenvalue weighted by Crippen LogP contribution is 2.51. The smallest absolute Gasteiger partial charge is 0.222 e. The summed E-state index contributed by atoms with van der Waals surface area (Å²) in [6.07, 6.45) is 7.72. The minimum atomic E-state index is 0.162. The van der Waals surface area contributed by atoms with Crippen LogP contribution in [0.4, 0.5) is 0 Å². The Hall–Kier alpha value is -0.610. The van der Waals surface area contributed by atoms with Gasteiger partial charge in [-0.2, -0.15) is 0 Å². The van der Waals surface area contributed by atoms with Gasteiger partial charge < -0.3 is 15.0 Å². The minimum absolute atomic E-state index is 0.162. The van der Waals surface area contributed by atoms with Crippen LogP contribution in [0, 0.1) is 11.3 Å². The van der Waals surface area contributed by atoms with Crippen molar-refractivity contribution < 1.29 is 9.53 Å². The summed E-state index contributed by atoms with van der Waals surface area (Å²) >= 11 is 0. The molecule has 23 heavy (non-hydrogen) atoms. The van der Waals surface area contributed by atoms with Crippen molar-refractivity contribution >= 4 is 5.91 Å². The summed E-state index contributed by atoms with van der Waals surface area (Å²) in [5.74, 6) is 1.06. The van der Waals surface area contributed by atoms with Crippen molar-refractivity contribution in [2.24, 2.45) is 11.3 Å². The van der Waals surface area contributed by atoms with Gasteiger partial charge in [0, 0.05) is 31.5 Å². The van der Waals surface area contributed by atoms with E-state index in [0.29, 0.717) is 24.5 Å². The number of nitrogens with zero attached hydrogens (tertiary/aromatic N) is 1. The molecule has 0 aromatic heterocycles. The van der Waals surface area contributed by atoms with Crippen LogP contribution in [0.15, 0.2) is 0 Å². The first-order chi connectivity index (χ1) is 11.1. The molecule has 1 aliphatic carbocycles. The summed E-state index contributed by atoms with van der Waals surface area (Å²) < 4.78 is 5.95. The van der Waals surface area contributed by atoms with Gasteiger partial charge in [-0.3, -0.25) is 4.79 Å². The van der Waals surface area contributed by atoms with Crippen molar-refractivity contribution in [3.8, 4) is 0 Å². The van der Waals surface area contributed by atoms with E-state index in [-0.39, 0.29) is 5.41 Å². The zero-order valence-corrected chi connectivity index (χ0v) is 15.6. The number of carbonyl (C=O) groups is 1. The fourth-order valence-electron chi connectivity index (χ4n) is 4.73. The Morgan fingerprint density at radius 2 is 1.87 bits per heavy atom. The van der Waals surface area contributed by atoms with Crippen LogP contribution < -0.4 is 5.32 Å². The third kappa shape index (κ3) is 3.90. The van der Waals surface area contributed by atoms with Gasteiger partial charge in [-0.1, -0.05) is 13.8 Å². The zero-order valence-electron chi connectivity index (χ0n) is 15.6. The maximum atomic E-state index is 12.7. The number of rotatable bonds is 8. The summed E-state index contributed by atoms with van der Waals surface area (Å²) in [5, 5.41) is 3.40.